The minimum atomic E-state index is -3.05. The summed E-state index contributed by atoms with van der Waals surface area (Å²) < 4.78 is 11.4. The zero-order valence-electron chi connectivity index (χ0n) is 7.86. The second kappa shape index (κ2) is 4.17. The lowest BCUT2D eigenvalue weighted by Crippen LogP contribution is -1.83. The van der Waals surface area contributed by atoms with Crippen molar-refractivity contribution in [3.8, 4) is 0 Å². The number of rotatable bonds is 2. The van der Waals surface area contributed by atoms with Gasteiger partial charge in [-0.3, -0.25) is 4.57 Å². The van der Waals surface area contributed by atoms with Crippen molar-refractivity contribution in [1.29, 1.82) is 0 Å². The highest BCUT2D eigenvalue weighted by Crippen LogP contribution is 2.59. The topological polar surface area (TPSA) is 17.1 Å². The maximum atomic E-state index is 11.4. The molecule has 0 aliphatic rings. The summed E-state index contributed by atoms with van der Waals surface area (Å²) in [5.74, 6) is -3.05. The van der Waals surface area contributed by atoms with E-state index in [9.17, 15) is 4.57 Å². The van der Waals surface area contributed by atoms with E-state index >= 15 is 0 Å². The van der Waals surface area contributed by atoms with E-state index in [1.807, 2.05) is 42.5 Å². The Hall–Kier alpha value is -0.490. The lowest BCUT2D eigenvalue weighted by molar-refractivity contribution is 0.592. The van der Waals surface area contributed by atoms with E-state index in [0.717, 1.165) is 16.3 Å². The lowest BCUT2D eigenvalue weighted by Gasteiger charge is -2.06. The first-order chi connectivity index (χ1) is 7.06. The standard InChI is InChI=1S/C11H9Cl2OP/c12-15(13,14)8-10-6-3-5-9-4-1-2-7-11(9)10/h1-7H,8H2. The molecule has 0 amide bonds. The van der Waals surface area contributed by atoms with Crippen LogP contribution in [0.5, 0.6) is 0 Å². The smallest absolute Gasteiger partial charge is 0.257 e. The van der Waals surface area contributed by atoms with Crippen molar-refractivity contribution in [2.45, 2.75) is 6.16 Å². The minimum Gasteiger partial charge on any atom is -0.289 e. The molecule has 0 radical (unpaired) electrons. The van der Waals surface area contributed by atoms with Gasteiger partial charge in [0.15, 0.2) is 0 Å². The Kier molecular flexibility index (Phi) is 3.06. The Bertz CT molecular complexity index is 528. The van der Waals surface area contributed by atoms with Crippen LogP contribution in [0.4, 0.5) is 0 Å². The van der Waals surface area contributed by atoms with Crippen LogP contribution in [0.2, 0.25) is 0 Å². The largest absolute Gasteiger partial charge is 0.289 e. The molecule has 0 N–H and O–H groups in total. The molecule has 78 valence electrons. The summed E-state index contributed by atoms with van der Waals surface area (Å²) in [5, 5.41) is 2.17. The summed E-state index contributed by atoms with van der Waals surface area (Å²) in [5.41, 5.74) is 0.932. The van der Waals surface area contributed by atoms with Gasteiger partial charge in [-0.05, 0) is 38.8 Å². The molecule has 0 spiro atoms. The van der Waals surface area contributed by atoms with Crippen LogP contribution in [-0.4, -0.2) is 0 Å². The molecule has 2 aromatic carbocycles. The fourth-order valence-electron chi connectivity index (χ4n) is 1.63. The molecule has 0 saturated carbocycles. The minimum absolute atomic E-state index is 0.220. The van der Waals surface area contributed by atoms with E-state index in [1.165, 1.54) is 0 Å². The monoisotopic (exact) mass is 258 g/mol. The van der Waals surface area contributed by atoms with Crippen LogP contribution in [0.3, 0.4) is 0 Å². The van der Waals surface area contributed by atoms with Gasteiger partial charge in [0.2, 0.25) is 0 Å². The Morgan fingerprint density at radius 3 is 2.40 bits per heavy atom. The van der Waals surface area contributed by atoms with Crippen LogP contribution in [0.1, 0.15) is 5.56 Å². The third-order valence-corrected chi connectivity index (χ3v) is 3.66. The molecule has 0 unspecified atom stereocenters. The van der Waals surface area contributed by atoms with Gasteiger partial charge in [-0.15, -0.1) is 0 Å². The molecule has 1 nitrogen and oxygen atoms in total. The van der Waals surface area contributed by atoms with Gasteiger partial charge in [0.1, 0.15) is 0 Å². The zero-order chi connectivity index (χ0) is 10.9. The highest BCUT2D eigenvalue weighted by atomic mass is 35.9. The van der Waals surface area contributed by atoms with Crippen LogP contribution < -0.4 is 0 Å². The molecular formula is C11H9Cl2OP. The number of fused-ring (bicyclic) bond motifs is 1. The third kappa shape index (κ3) is 2.75. The normalized spacial score (nSPS) is 11.9. The van der Waals surface area contributed by atoms with Crippen molar-refractivity contribution in [2.75, 3.05) is 0 Å². The van der Waals surface area contributed by atoms with Crippen LogP contribution in [0.15, 0.2) is 42.5 Å². The average molecular weight is 259 g/mol. The summed E-state index contributed by atoms with van der Waals surface area (Å²) in [6.07, 6.45) is 0.220. The van der Waals surface area contributed by atoms with E-state index in [4.69, 9.17) is 22.5 Å². The van der Waals surface area contributed by atoms with Gasteiger partial charge in [0.05, 0.1) is 6.16 Å². The lowest BCUT2D eigenvalue weighted by atomic mass is 10.1. The van der Waals surface area contributed by atoms with E-state index in [-0.39, 0.29) is 6.16 Å². The average Bonchev–Trinajstić information content (AvgIpc) is 2.16. The van der Waals surface area contributed by atoms with Crippen LogP contribution >= 0.6 is 28.3 Å². The number of hydrogen-bond acceptors (Lipinski definition) is 1. The van der Waals surface area contributed by atoms with Gasteiger partial charge in [-0.2, -0.15) is 0 Å². The molecule has 0 saturated heterocycles. The van der Waals surface area contributed by atoms with Crippen LogP contribution in [-0.2, 0) is 10.7 Å². The molecule has 0 aliphatic carbocycles. The molecule has 0 heterocycles. The SMILES string of the molecule is O=P(Cl)(Cl)Cc1cccc2ccccc12. The highest BCUT2D eigenvalue weighted by Gasteiger charge is 2.15. The van der Waals surface area contributed by atoms with Gasteiger partial charge in [0.25, 0.3) is 5.85 Å². The molecule has 0 fully saturated rings. The molecule has 0 bridgehead atoms. The summed E-state index contributed by atoms with van der Waals surface area (Å²) in [7, 11) is 0. The molecule has 0 aliphatic heterocycles. The first-order valence-electron chi connectivity index (χ1n) is 4.51. The van der Waals surface area contributed by atoms with Gasteiger partial charge in [0, 0.05) is 0 Å². The Morgan fingerprint density at radius 2 is 1.67 bits per heavy atom. The first kappa shape index (κ1) is 11.0. The van der Waals surface area contributed by atoms with E-state index < -0.39 is 5.85 Å². The van der Waals surface area contributed by atoms with Crippen LogP contribution in [0.25, 0.3) is 10.8 Å². The van der Waals surface area contributed by atoms with Gasteiger partial charge >= 0.3 is 0 Å². The third-order valence-electron chi connectivity index (χ3n) is 2.23. The summed E-state index contributed by atoms with van der Waals surface area (Å²) in [6.45, 7) is 0. The highest BCUT2D eigenvalue weighted by molar-refractivity contribution is 8.08. The first-order valence-corrected chi connectivity index (χ1v) is 8.21. The number of hydrogen-bond donors (Lipinski definition) is 0. The molecule has 2 rings (SSSR count). The fourth-order valence-corrected chi connectivity index (χ4v) is 3.07. The van der Waals surface area contributed by atoms with Gasteiger partial charge in [-0.1, -0.05) is 42.5 Å². The molecular weight excluding hydrogens is 250 g/mol. The van der Waals surface area contributed by atoms with Crippen molar-refractivity contribution in [2.24, 2.45) is 0 Å². The number of halogens is 2. The van der Waals surface area contributed by atoms with Crippen molar-refractivity contribution >= 4 is 39.1 Å². The summed E-state index contributed by atoms with van der Waals surface area (Å²) >= 11 is 11.2. The predicted octanol–water partition coefficient (Wildman–Crippen LogP) is 5.01. The second-order valence-electron chi connectivity index (χ2n) is 3.37. The van der Waals surface area contributed by atoms with Gasteiger partial charge < -0.3 is 0 Å². The molecule has 4 heteroatoms. The maximum Gasteiger partial charge on any atom is 0.257 e. The summed E-state index contributed by atoms with van der Waals surface area (Å²) in [6, 6.07) is 13.7. The Balaban J connectivity index is 2.56. The van der Waals surface area contributed by atoms with E-state index in [2.05, 4.69) is 0 Å². The van der Waals surface area contributed by atoms with Gasteiger partial charge in [-0.25, -0.2) is 0 Å². The fraction of sp³-hybridized carbons (Fsp3) is 0.0909. The maximum absolute atomic E-state index is 11.4. The molecule has 15 heavy (non-hydrogen) atoms. The Labute approximate surface area is 98.0 Å². The van der Waals surface area contributed by atoms with Crippen molar-refractivity contribution in [1.82, 2.24) is 0 Å². The van der Waals surface area contributed by atoms with E-state index in [0.29, 0.717) is 0 Å². The number of benzene rings is 2. The second-order valence-corrected chi connectivity index (χ2v) is 8.62. The van der Waals surface area contributed by atoms with E-state index in [1.54, 1.807) is 0 Å². The molecule has 0 atom stereocenters. The van der Waals surface area contributed by atoms with Crippen molar-refractivity contribution < 1.29 is 4.57 Å². The summed E-state index contributed by atoms with van der Waals surface area (Å²) in [4.78, 5) is 0. The zero-order valence-corrected chi connectivity index (χ0v) is 10.3. The van der Waals surface area contributed by atoms with Crippen LogP contribution in [0, 0.1) is 0 Å². The van der Waals surface area contributed by atoms with Crippen molar-refractivity contribution in [3.63, 3.8) is 0 Å². The van der Waals surface area contributed by atoms with Crippen molar-refractivity contribution in [3.05, 3.63) is 48.0 Å². The quantitative estimate of drug-likeness (QED) is 0.692. The molecule has 0 aromatic heterocycles. The predicted molar refractivity (Wildman–Crippen MR) is 67.0 cm³/mol. The molecule has 2 aromatic rings. The Morgan fingerprint density at radius 1 is 1.00 bits per heavy atom.